The summed E-state index contributed by atoms with van der Waals surface area (Å²) in [4.78, 5) is 12.1. The number of benzene rings is 2. The molecule has 0 unspecified atom stereocenters. The van der Waals surface area contributed by atoms with Crippen molar-refractivity contribution in [3.8, 4) is 0 Å². The van der Waals surface area contributed by atoms with Crippen molar-refractivity contribution in [1.82, 2.24) is 5.43 Å². The number of aryl methyl sites for hydroxylation is 1. The molecule has 0 radical (unpaired) electrons. The van der Waals surface area contributed by atoms with Crippen LogP contribution >= 0.6 is 11.6 Å². The van der Waals surface area contributed by atoms with Crippen molar-refractivity contribution in [3.63, 3.8) is 0 Å². The number of hydrazone groups is 1. The summed E-state index contributed by atoms with van der Waals surface area (Å²) in [6, 6.07) is 15.5. The molecule has 0 spiro atoms. The summed E-state index contributed by atoms with van der Waals surface area (Å²) in [5, 5.41) is 4.88. The second kappa shape index (κ2) is 5.70. The minimum atomic E-state index is -0.227. The zero-order valence-electron chi connectivity index (χ0n) is 11.6. The third kappa shape index (κ3) is 2.98. The number of amides is 1. The highest BCUT2D eigenvalue weighted by Crippen LogP contribution is 2.26. The fraction of sp³-hybridized carbons (Fsp3) is 0.176. The number of rotatable bonds is 2. The molecule has 2 aromatic carbocycles. The van der Waals surface area contributed by atoms with Crippen LogP contribution in [-0.2, 0) is 4.79 Å². The molecule has 0 saturated heterocycles. The molecule has 1 aliphatic heterocycles. The molecule has 1 atom stereocenters. The van der Waals surface area contributed by atoms with E-state index in [2.05, 4.69) is 16.6 Å². The van der Waals surface area contributed by atoms with Crippen LogP contribution in [0.3, 0.4) is 0 Å². The van der Waals surface area contributed by atoms with Crippen molar-refractivity contribution in [3.05, 3.63) is 70.2 Å². The molecule has 4 heteroatoms. The molecule has 1 amide bonds. The highest BCUT2D eigenvalue weighted by atomic mass is 35.5. The van der Waals surface area contributed by atoms with E-state index in [-0.39, 0.29) is 11.8 Å². The Kier molecular flexibility index (Phi) is 3.76. The molecule has 21 heavy (non-hydrogen) atoms. The molecule has 0 aromatic heterocycles. The first-order chi connectivity index (χ1) is 10.1. The van der Waals surface area contributed by atoms with Gasteiger partial charge in [0.25, 0.3) is 0 Å². The third-order valence-electron chi connectivity index (χ3n) is 3.64. The molecular weight excluding hydrogens is 284 g/mol. The molecule has 3 rings (SSSR count). The standard InChI is InChI=1S/C17H15ClN2O/c1-11-3-2-4-13(9-11)16-10-15(17(21)20-19-16)12-5-7-14(18)8-6-12/h2-9,15H,10H2,1H3,(H,20,21)/t15-/m0/s1. The van der Waals surface area contributed by atoms with Crippen LogP contribution < -0.4 is 5.43 Å². The largest absolute Gasteiger partial charge is 0.272 e. The topological polar surface area (TPSA) is 41.5 Å². The van der Waals surface area contributed by atoms with Gasteiger partial charge < -0.3 is 0 Å². The number of carbonyl (C=O) groups is 1. The van der Waals surface area contributed by atoms with E-state index in [4.69, 9.17) is 11.6 Å². The fourth-order valence-electron chi connectivity index (χ4n) is 2.50. The minimum absolute atomic E-state index is 0.0753. The zero-order valence-corrected chi connectivity index (χ0v) is 12.4. The van der Waals surface area contributed by atoms with Gasteiger partial charge in [0.1, 0.15) is 0 Å². The first-order valence-corrected chi connectivity index (χ1v) is 7.20. The monoisotopic (exact) mass is 298 g/mol. The minimum Gasteiger partial charge on any atom is -0.272 e. The van der Waals surface area contributed by atoms with E-state index in [0.717, 1.165) is 16.8 Å². The van der Waals surface area contributed by atoms with Gasteiger partial charge >= 0.3 is 0 Å². The van der Waals surface area contributed by atoms with Crippen molar-refractivity contribution in [2.45, 2.75) is 19.3 Å². The summed E-state index contributed by atoms with van der Waals surface area (Å²) in [5.41, 5.74) is 6.71. The number of nitrogens with zero attached hydrogens (tertiary/aromatic N) is 1. The summed E-state index contributed by atoms with van der Waals surface area (Å²) >= 11 is 5.90. The number of nitrogens with one attached hydrogen (secondary N) is 1. The predicted octanol–water partition coefficient (Wildman–Crippen LogP) is 3.66. The molecule has 0 fully saturated rings. The Hall–Kier alpha value is -2.13. The van der Waals surface area contributed by atoms with Crippen LogP contribution in [0.4, 0.5) is 0 Å². The predicted molar refractivity (Wildman–Crippen MR) is 84.7 cm³/mol. The van der Waals surface area contributed by atoms with Gasteiger partial charge in [-0.25, -0.2) is 5.43 Å². The van der Waals surface area contributed by atoms with Crippen molar-refractivity contribution in [2.24, 2.45) is 5.10 Å². The van der Waals surface area contributed by atoms with E-state index in [1.165, 1.54) is 5.56 Å². The van der Waals surface area contributed by atoms with Crippen molar-refractivity contribution in [2.75, 3.05) is 0 Å². The number of hydrogen-bond donors (Lipinski definition) is 1. The average molecular weight is 299 g/mol. The second-order valence-electron chi connectivity index (χ2n) is 5.21. The van der Waals surface area contributed by atoms with Crippen LogP contribution in [0.15, 0.2) is 53.6 Å². The summed E-state index contributed by atoms with van der Waals surface area (Å²) in [5.74, 6) is -0.302. The van der Waals surface area contributed by atoms with Crippen molar-refractivity contribution in [1.29, 1.82) is 0 Å². The van der Waals surface area contributed by atoms with Crippen molar-refractivity contribution >= 4 is 23.2 Å². The normalized spacial score (nSPS) is 18.1. The summed E-state index contributed by atoms with van der Waals surface area (Å²) in [6.07, 6.45) is 0.594. The van der Waals surface area contributed by atoms with Gasteiger partial charge in [0.2, 0.25) is 5.91 Å². The smallest absolute Gasteiger partial charge is 0.248 e. The van der Waals surface area contributed by atoms with E-state index >= 15 is 0 Å². The van der Waals surface area contributed by atoms with E-state index in [1.54, 1.807) is 0 Å². The molecule has 0 bridgehead atoms. The summed E-state index contributed by atoms with van der Waals surface area (Å²) in [7, 11) is 0. The molecule has 1 heterocycles. The Morgan fingerprint density at radius 3 is 2.67 bits per heavy atom. The Morgan fingerprint density at radius 2 is 1.95 bits per heavy atom. The molecule has 0 saturated carbocycles. The van der Waals surface area contributed by atoms with Gasteiger partial charge in [-0.05, 0) is 30.2 Å². The fourth-order valence-corrected chi connectivity index (χ4v) is 2.63. The lowest BCUT2D eigenvalue weighted by molar-refractivity contribution is -0.122. The average Bonchev–Trinajstić information content (AvgIpc) is 2.49. The van der Waals surface area contributed by atoms with Crippen LogP contribution in [0.25, 0.3) is 0 Å². The highest BCUT2D eigenvalue weighted by molar-refractivity contribution is 6.30. The molecule has 106 valence electrons. The quantitative estimate of drug-likeness (QED) is 0.903. The Bertz CT molecular complexity index is 707. The van der Waals surface area contributed by atoms with E-state index < -0.39 is 0 Å². The van der Waals surface area contributed by atoms with Gasteiger partial charge in [-0.2, -0.15) is 5.10 Å². The molecule has 2 aromatic rings. The SMILES string of the molecule is Cc1cccc(C2=NNC(=O)[C@H](c3ccc(Cl)cc3)C2)c1. The summed E-state index contributed by atoms with van der Waals surface area (Å²) < 4.78 is 0. The lowest BCUT2D eigenvalue weighted by Gasteiger charge is -2.22. The van der Waals surface area contributed by atoms with Crippen molar-refractivity contribution < 1.29 is 4.79 Å². The lowest BCUT2D eigenvalue weighted by Crippen LogP contribution is -2.33. The maximum atomic E-state index is 12.1. The molecule has 1 aliphatic rings. The van der Waals surface area contributed by atoms with E-state index in [0.29, 0.717) is 11.4 Å². The van der Waals surface area contributed by atoms with Crippen LogP contribution in [-0.4, -0.2) is 11.6 Å². The maximum Gasteiger partial charge on any atom is 0.248 e. The maximum absolute atomic E-state index is 12.1. The Labute approximate surface area is 128 Å². The van der Waals surface area contributed by atoms with E-state index in [9.17, 15) is 4.79 Å². The second-order valence-corrected chi connectivity index (χ2v) is 5.65. The van der Waals surface area contributed by atoms with Gasteiger partial charge in [-0.1, -0.05) is 53.6 Å². The van der Waals surface area contributed by atoms with Crippen LogP contribution in [0.5, 0.6) is 0 Å². The molecule has 0 aliphatic carbocycles. The van der Waals surface area contributed by atoms with Gasteiger partial charge in [-0.15, -0.1) is 0 Å². The van der Waals surface area contributed by atoms with Gasteiger partial charge in [0.15, 0.2) is 0 Å². The van der Waals surface area contributed by atoms with Crippen LogP contribution in [0.2, 0.25) is 5.02 Å². The molecular formula is C17H15ClN2O. The molecule has 3 nitrogen and oxygen atoms in total. The van der Waals surface area contributed by atoms with E-state index in [1.807, 2.05) is 49.4 Å². The first-order valence-electron chi connectivity index (χ1n) is 6.82. The molecule has 1 N–H and O–H groups in total. The van der Waals surface area contributed by atoms with Crippen LogP contribution in [0, 0.1) is 6.92 Å². The lowest BCUT2D eigenvalue weighted by atomic mass is 9.89. The van der Waals surface area contributed by atoms with Gasteiger partial charge in [-0.3, -0.25) is 4.79 Å². The highest BCUT2D eigenvalue weighted by Gasteiger charge is 2.27. The van der Waals surface area contributed by atoms with Gasteiger partial charge in [0.05, 0.1) is 11.6 Å². The Morgan fingerprint density at radius 1 is 1.19 bits per heavy atom. The number of carbonyl (C=O) groups excluding carboxylic acids is 1. The number of hydrogen-bond acceptors (Lipinski definition) is 2. The zero-order chi connectivity index (χ0) is 14.8. The van der Waals surface area contributed by atoms with Gasteiger partial charge in [0, 0.05) is 11.4 Å². The Balaban J connectivity index is 1.90. The third-order valence-corrected chi connectivity index (χ3v) is 3.89. The first kappa shape index (κ1) is 13.8. The summed E-state index contributed by atoms with van der Waals surface area (Å²) in [6.45, 7) is 2.04. The van der Waals surface area contributed by atoms with Crippen LogP contribution in [0.1, 0.15) is 29.0 Å². The number of halogens is 1.